The van der Waals surface area contributed by atoms with E-state index < -0.39 is 0 Å². The van der Waals surface area contributed by atoms with Crippen LogP contribution in [0.1, 0.15) is 58.3 Å². The van der Waals surface area contributed by atoms with Gasteiger partial charge in [-0.15, -0.1) is 0 Å². The molecule has 1 saturated heterocycles. The van der Waals surface area contributed by atoms with Gasteiger partial charge in [0, 0.05) is 19.5 Å². The molecular weight excluding hydrogens is 212 g/mol. The van der Waals surface area contributed by atoms with E-state index in [-0.39, 0.29) is 0 Å². The summed E-state index contributed by atoms with van der Waals surface area (Å²) < 4.78 is 0. The second-order valence-electron chi connectivity index (χ2n) is 5.37. The molecule has 0 radical (unpaired) electrons. The average molecular weight is 240 g/mol. The maximum absolute atomic E-state index is 12.0. The molecule has 0 aromatic carbocycles. The first-order valence-corrected chi connectivity index (χ1v) is 7.22. The quantitative estimate of drug-likeness (QED) is 0.725. The molecule has 1 fully saturated rings. The summed E-state index contributed by atoms with van der Waals surface area (Å²) in [4.78, 5) is 14.1. The van der Waals surface area contributed by atoms with Crippen molar-refractivity contribution < 1.29 is 4.79 Å². The van der Waals surface area contributed by atoms with E-state index in [2.05, 4.69) is 11.8 Å². The number of nitrogens with two attached hydrogens (primary N) is 1. The van der Waals surface area contributed by atoms with Crippen molar-refractivity contribution in [2.45, 2.75) is 58.3 Å². The van der Waals surface area contributed by atoms with Gasteiger partial charge >= 0.3 is 0 Å². The Bertz CT molecular complexity index is 218. The first-order chi connectivity index (χ1) is 8.24. The summed E-state index contributed by atoms with van der Waals surface area (Å²) in [6.45, 7) is 5.02. The van der Waals surface area contributed by atoms with E-state index in [0.29, 0.717) is 5.91 Å². The lowest BCUT2D eigenvalue weighted by molar-refractivity contribution is -0.131. The molecule has 1 aliphatic heterocycles. The van der Waals surface area contributed by atoms with Crippen LogP contribution in [0.25, 0.3) is 0 Å². The van der Waals surface area contributed by atoms with Crippen LogP contribution in [0.4, 0.5) is 0 Å². The maximum Gasteiger partial charge on any atom is 0.222 e. The minimum Gasteiger partial charge on any atom is -0.343 e. The van der Waals surface area contributed by atoms with Crippen LogP contribution in [0.3, 0.4) is 0 Å². The Kier molecular flexibility index (Phi) is 7.25. The van der Waals surface area contributed by atoms with Crippen molar-refractivity contribution in [1.29, 1.82) is 0 Å². The molecule has 0 bridgehead atoms. The number of hydrogen-bond acceptors (Lipinski definition) is 2. The Morgan fingerprint density at radius 3 is 2.71 bits per heavy atom. The molecular formula is C14H28N2O. The van der Waals surface area contributed by atoms with Gasteiger partial charge in [0.2, 0.25) is 5.91 Å². The highest BCUT2D eigenvalue weighted by Crippen LogP contribution is 2.17. The summed E-state index contributed by atoms with van der Waals surface area (Å²) in [7, 11) is 0. The average Bonchev–Trinajstić information content (AvgIpc) is 2.53. The van der Waals surface area contributed by atoms with Crippen LogP contribution in [-0.2, 0) is 4.79 Å². The molecule has 17 heavy (non-hydrogen) atoms. The van der Waals surface area contributed by atoms with Crippen molar-refractivity contribution in [2.24, 2.45) is 11.7 Å². The van der Waals surface area contributed by atoms with Gasteiger partial charge in [-0.2, -0.15) is 0 Å². The topological polar surface area (TPSA) is 46.3 Å². The lowest BCUT2D eigenvalue weighted by atomic mass is 10.0. The van der Waals surface area contributed by atoms with Gasteiger partial charge < -0.3 is 10.6 Å². The van der Waals surface area contributed by atoms with Gasteiger partial charge in [-0.1, -0.05) is 19.8 Å². The Balaban J connectivity index is 2.13. The van der Waals surface area contributed by atoms with Crippen molar-refractivity contribution >= 4 is 5.91 Å². The summed E-state index contributed by atoms with van der Waals surface area (Å²) >= 11 is 0. The number of hydrogen-bond donors (Lipinski definition) is 1. The fourth-order valence-corrected chi connectivity index (χ4v) is 2.44. The van der Waals surface area contributed by atoms with Crippen molar-refractivity contribution in [3.8, 4) is 0 Å². The van der Waals surface area contributed by atoms with E-state index in [1.165, 1.54) is 25.7 Å². The second-order valence-corrected chi connectivity index (χ2v) is 5.37. The highest BCUT2D eigenvalue weighted by atomic mass is 16.2. The van der Waals surface area contributed by atoms with Crippen LogP contribution in [0.5, 0.6) is 0 Å². The normalized spacial score (nSPS) is 21.3. The van der Waals surface area contributed by atoms with E-state index >= 15 is 0 Å². The molecule has 1 aliphatic rings. The zero-order chi connectivity index (χ0) is 12.5. The standard InChI is InChI=1S/C14H28N2O/c1-13-7-6-11-16(12-9-13)14(17)8-4-2-3-5-10-15/h13H,2-12,15H2,1H3. The van der Waals surface area contributed by atoms with E-state index in [4.69, 9.17) is 5.73 Å². The molecule has 1 amide bonds. The summed E-state index contributed by atoms with van der Waals surface area (Å²) in [6.07, 6.45) is 8.81. The van der Waals surface area contributed by atoms with Gasteiger partial charge in [0.05, 0.1) is 0 Å². The molecule has 100 valence electrons. The smallest absolute Gasteiger partial charge is 0.222 e. The predicted molar refractivity (Wildman–Crippen MR) is 71.7 cm³/mol. The molecule has 1 unspecified atom stereocenters. The van der Waals surface area contributed by atoms with Gasteiger partial charge in [0.15, 0.2) is 0 Å². The Morgan fingerprint density at radius 2 is 1.94 bits per heavy atom. The fraction of sp³-hybridized carbons (Fsp3) is 0.929. The number of carbonyl (C=O) groups is 1. The molecule has 0 aliphatic carbocycles. The number of rotatable bonds is 6. The van der Waals surface area contributed by atoms with Gasteiger partial charge in [-0.05, 0) is 44.6 Å². The van der Waals surface area contributed by atoms with E-state index in [0.717, 1.165) is 51.2 Å². The Hall–Kier alpha value is -0.570. The summed E-state index contributed by atoms with van der Waals surface area (Å²) in [5, 5.41) is 0. The number of carbonyl (C=O) groups excluding carboxylic acids is 1. The molecule has 0 saturated carbocycles. The third-order valence-electron chi connectivity index (χ3n) is 3.71. The van der Waals surface area contributed by atoms with Crippen LogP contribution < -0.4 is 5.73 Å². The van der Waals surface area contributed by atoms with Crippen molar-refractivity contribution in [2.75, 3.05) is 19.6 Å². The van der Waals surface area contributed by atoms with E-state index in [1.807, 2.05) is 0 Å². The van der Waals surface area contributed by atoms with Crippen LogP contribution in [-0.4, -0.2) is 30.4 Å². The van der Waals surface area contributed by atoms with Crippen molar-refractivity contribution in [1.82, 2.24) is 4.90 Å². The van der Waals surface area contributed by atoms with Gasteiger partial charge in [-0.3, -0.25) is 4.79 Å². The third kappa shape index (κ3) is 6.06. The number of amides is 1. The Morgan fingerprint density at radius 1 is 1.18 bits per heavy atom. The zero-order valence-electron chi connectivity index (χ0n) is 11.3. The molecule has 3 heteroatoms. The lowest BCUT2D eigenvalue weighted by Gasteiger charge is -2.20. The van der Waals surface area contributed by atoms with Crippen LogP contribution in [0.2, 0.25) is 0 Å². The summed E-state index contributed by atoms with van der Waals surface area (Å²) in [5.41, 5.74) is 5.44. The fourth-order valence-electron chi connectivity index (χ4n) is 2.44. The monoisotopic (exact) mass is 240 g/mol. The largest absolute Gasteiger partial charge is 0.343 e. The molecule has 1 heterocycles. The van der Waals surface area contributed by atoms with Crippen molar-refractivity contribution in [3.63, 3.8) is 0 Å². The number of unbranched alkanes of at least 4 members (excludes halogenated alkanes) is 3. The first-order valence-electron chi connectivity index (χ1n) is 7.22. The van der Waals surface area contributed by atoms with Crippen molar-refractivity contribution in [3.05, 3.63) is 0 Å². The molecule has 1 rings (SSSR count). The minimum absolute atomic E-state index is 0.367. The van der Waals surface area contributed by atoms with Gasteiger partial charge in [-0.25, -0.2) is 0 Å². The molecule has 0 spiro atoms. The number of likely N-dealkylation sites (tertiary alicyclic amines) is 1. The SMILES string of the molecule is CC1CCCN(C(=O)CCCCCCN)CC1. The summed E-state index contributed by atoms with van der Waals surface area (Å²) in [5.74, 6) is 1.16. The van der Waals surface area contributed by atoms with Crippen LogP contribution >= 0.6 is 0 Å². The molecule has 3 nitrogen and oxygen atoms in total. The second kappa shape index (κ2) is 8.51. The number of nitrogens with zero attached hydrogens (tertiary/aromatic N) is 1. The van der Waals surface area contributed by atoms with E-state index in [1.54, 1.807) is 0 Å². The predicted octanol–water partition coefficient (Wildman–Crippen LogP) is 2.54. The lowest BCUT2D eigenvalue weighted by Crippen LogP contribution is -2.31. The molecule has 2 N–H and O–H groups in total. The van der Waals surface area contributed by atoms with Crippen LogP contribution in [0, 0.1) is 5.92 Å². The Labute approximate surface area is 106 Å². The van der Waals surface area contributed by atoms with Gasteiger partial charge in [0.25, 0.3) is 0 Å². The maximum atomic E-state index is 12.0. The first kappa shape index (κ1) is 14.5. The van der Waals surface area contributed by atoms with Crippen LogP contribution in [0.15, 0.2) is 0 Å². The highest BCUT2D eigenvalue weighted by Gasteiger charge is 2.17. The zero-order valence-corrected chi connectivity index (χ0v) is 11.3. The summed E-state index contributed by atoms with van der Waals surface area (Å²) in [6, 6.07) is 0. The molecule has 0 aromatic rings. The molecule has 0 aromatic heterocycles. The highest BCUT2D eigenvalue weighted by molar-refractivity contribution is 5.76. The molecule has 1 atom stereocenters. The minimum atomic E-state index is 0.367. The third-order valence-corrected chi connectivity index (χ3v) is 3.71. The van der Waals surface area contributed by atoms with Gasteiger partial charge in [0.1, 0.15) is 0 Å². The van der Waals surface area contributed by atoms with E-state index in [9.17, 15) is 4.79 Å².